The predicted octanol–water partition coefficient (Wildman–Crippen LogP) is 1.72. The Bertz CT molecular complexity index is 419. The van der Waals surface area contributed by atoms with Gasteiger partial charge < -0.3 is 14.5 Å². The SMILES string of the molecule is CN1C=CN(Cc2ccc(OC#N)cc2)C1. The van der Waals surface area contributed by atoms with E-state index in [1.165, 1.54) is 5.56 Å². The molecule has 1 aliphatic heterocycles. The molecule has 0 saturated heterocycles. The zero-order valence-electron chi connectivity index (χ0n) is 9.13. The Labute approximate surface area is 95.0 Å². The molecule has 2 rings (SSSR count). The molecular formula is C12H13N3O. The highest BCUT2D eigenvalue weighted by Crippen LogP contribution is 2.15. The van der Waals surface area contributed by atoms with Crippen LogP contribution in [-0.4, -0.2) is 23.5 Å². The van der Waals surface area contributed by atoms with E-state index in [0.29, 0.717) is 5.75 Å². The van der Waals surface area contributed by atoms with Crippen LogP contribution >= 0.6 is 0 Å². The maximum atomic E-state index is 8.35. The van der Waals surface area contributed by atoms with E-state index in [4.69, 9.17) is 10.00 Å². The van der Waals surface area contributed by atoms with Crippen molar-refractivity contribution in [3.8, 4) is 12.0 Å². The Morgan fingerprint density at radius 3 is 2.62 bits per heavy atom. The molecule has 0 bridgehead atoms. The van der Waals surface area contributed by atoms with Crippen LogP contribution in [0, 0.1) is 11.5 Å². The number of hydrogen-bond acceptors (Lipinski definition) is 4. The quantitative estimate of drug-likeness (QED) is 0.720. The fraction of sp³-hybridized carbons (Fsp3) is 0.250. The fourth-order valence-electron chi connectivity index (χ4n) is 1.64. The van der Waals surface area contributed by atoms with Crippen molar-refractivity contribution in [1.82, 2.24) is 9.80 Å². The van der Waals surface area contributed by atoms with Gasteiger partial charge in [-0.3, -0.25) is 0 Å². The van der Waals surface area contributed by atoms with E-state index in [1.54, 1.807) is 6.26 Å². The molecule has 0 radical (unpaired) electrons. The van der Waals surface area contributed by atoms with Crippen molar-refractivity contribution in [2.75, 3.05) is 13.7 Å². The summed E-state index contributed by atoms with van der Waals surface area (Å²) in [6, 6.07) is 7.56. The Hall–Kier alpha value is -2.15. The summed E-state index contributed by atoms with van der Waals surface area (Å²) in [5, 5.41) is 8.35. The Morgan fingerprint density at radius 2 is 2.06 bits per heavy atom. The summed E-state index contributed by atoms with van der Waals surface area (Å²) in [5.41, 5.74) is 1.20. The van der Waals surface area contributed by atoms with Crippen LogP contribution in [0.15, 0.2) is 36.7 Å². The molecule has 0 spiro atoms. The number of nitriles is 1. The van der Waals surface area contributed by atoms with Gasteiger partial charge in [-0.15, -0.1) is 5.26 Å². The van der Waals surface area contributed by atoms with Gasteiger partial charge in [0.05, 0.1) is 6.67 Å². The van der Waals surface area contributed by atoms with Gasteiger partial charge in [0.15, 0.2) is 0 Å². The molecule has 1 heterocycles. The van der Waals surface area contributed by atoms with Gasteiger partial charge in [0.25, 0.3) is 6.26 Å². The molecule has 0 aromatic heterocycles. The standard InChI is InChI=1S/C12H13N3O/c1-14-6-7-15(10-14)8-11-2-4-12(5-3-11)16-9-13/h2-7H,8,10H2,1H3. The highest BCUT2D eigenvalue weighted by molar-refractivity contribution is 5.28. The first-order chi connectivity index (χ1) is 7.78. The number of hydrogen-bond donors (Lipinski definition) is 0. The molecule has 0 unspecified atom stereocenters. The summed E-state index contributed by atoms with van der Waals surface area (Å²) in [6.07, 6.45) is 5.77. The molecule has 82 valence electrons. The van der Waals surface area contributed by atoms with Crippen LogP contribution in [-0.2, 0) is 6.54 Å². The smallest absolute Gasteiger partial charge is 0.292 e. The van der Waals surface area contributed by atoms with E-state index in [1.807, 2.05) is 37.5 Å². The average Bonchev–Trinajstić information content (AvgIpc) is 2.67. The van der Waals surface area contributed by atoms with Gasteiger partial charge >= 0.3 is 0 Å². The summed E-state index contributed by atoms with van der Waals surface area (Å²) < 4.78 is 4.72. The number of benzene rings is 1. The van der Waals surface area contributed by atoms with E-state index in [9.17, 15) is 0 Å². The van der Waals surface area contributed by atoms with Gasteiger partial charge in [-0.05, 0) is 17.7 Å². The van der Waals surface area contributed by atoms with Crippen molar-refractivity contribution in [2.24, 2.45) is 0 Å². The predicted molar refractivity (Wildman–Crippen MR) is 60.0 cm³/mol. The Balaban J connectivity index is 1.95. The summed E-state index contributed by atoms with van der Waals surface area (Å²) in [5.74, 6) is 0.584. The molecule has 1 aromatic carbocycles. The highest BCUT2D eigenvalue weighted by Gasteiger charge is 2.08. The van der Waals surface area contributed by atoms with E-state index in [0.717, 1.165) is 13.2 Å². The van der Waals surface area contributed by atoms with Crippen molar-refractivity contribution in [3.63, 3.8) is 0 Å². The first-order valence-electron chi connectivity index (χ1n) is 5.05. The molecule has 0 N–H and O–H groups in total. The lowest BCUT2D eigenvalue weighted by Gasteiger charge is -2.18. The minimum atomic E-state index is 0.584. The second-order valence-electron chi connectivity index (χ2n) is 3.78. The molecule has 0 saturated carbocycles. The molecule has 16 heavy (non-hydrogen) atoms. The monoisotopic (exact) mass is 215 g/mol. The lowest BCUT2D eigenvalue weighted by atomic mass is 10.2. The normalized spacial score (nSPS) is 14.0. The van der Waals surface area contributed by atoms with Gasteiger partial charge in [-0.1, -0.05) is 12.1 Å². The third kappa shape index (κ3) is 2.45. The van der Waals surface area contributed by atoms with E-state index in [2.05, 4.69) is 16.0 Å². The molecular weight excluding hydrogens is 202 g/mol. The van der Waals surface area contributed by atoms with Crippen molar-refractivity contribution in [2.45, 2.75) is 6.54 Å². The second kappa shape index (κ2) is 4.58. The van der Waals surface area contributed by atoms with Gasteiger partial charge in [0.1, 0.15) is 5.75 Å². The minimum Gasteiger partial charge on any atom is -0.388 e. The summed E-state index contributed by atoms with van der Waals surface area (Å²) in [4.78, 5) is 4.33. The summed E-state index contributed by atoms with van der Waals surface area (Å²) >= 11 is 0. The van der Waals surface area contributed by atoms with E-state index < -0.39 is 0 Å². The van der Waals surface area contributed by atoms with Gasteiger partial charge in [-0.2, -0.15) is 0 Å². The molecule has 1 aromatic rings. The maximum absolute atomic E-state index is 8.35. The summed E-state index contributed by atoms with van der Waals surface area (Å²) in [6.45, 7) is 1.78. The first kappa shape index (κ1) is 10.4. The van der Waals surface area contributed by atoms with Gasteiger partial charge in [0.2, 0.25) is 0 Å². The largest absolute Gasteiger partial charge is 0.388 e. The van der Waals surface area contributed by atoms with Crippen LogP contribution in [0.1, 0.15) is 5.56 Å². The fourth-order valence-corrected chi connectivity index (χ4v) is 1.64. The molecule has 4 nitrogen and oxygen atoms in total. The molecule has 4 heteroatoms. The van der Waals surface area contributed by atoms with Crippen molar-refractivity contribution < 1.29 is 4.74 Å². The zero-order valence-corrected chi connectivity index (χ0v) is 9.13. The Kier molecular flexibility index (Phi) is 2.97. The van der Waals surface area contributed by atoms with Crippen LogP contribution in [0.5, 0.6) is 5.75 Å². The topological polar surface area (TPSA) is 39.5 Å². The van der Waals surface area contributed by atoms with Crippen LogP contribution in [0.25, 0.3) is 0 Å². The van der Waals surface area contributed by atoms with Crippen LogP contribution in [0.2, 0.25) is 0 Å². The van der Waals surface area contributed by atoms with Crippen molar-refractivity contribution >= 4 is 0 Å². The molecule has 0 amide bonds. The third-order valence-corrected chi connectivity index (χ3v) is 2.41. The van der Waals surface area contributed by atoms with E-state index >= 15 is 0 Å². The van der Waals surface area contributed by atoms with Crippen molar-refractivity contribution in [3.05, 3.63) is 42.2 Å². The number of nitrogens with zero attached hydrogens (tertiary/aromatic N) is 3. The molecule has 0 aliphatic carbocycles. The van der Waals surface area contributed by atoms with Crippen LogP contribution in [0.3, 0.4) is 0 Å². The first-order valence-corrected chi connectivity index (χ1v) is 5.05. The molecule has 0 atom stereocenters. The highest BCUT2D eigenvalue weighted by atomic mass is 16.5. The minimum absolute atomic E-state index is 0.584. The summed E-state index contributed by atoms with van der Waals surface area (Å²) in [7, 11) is 2.04. The van der Waals surface area contributed by atoms with E-state index in [-0.39, 0.29) is 0 Å². The zero-order chi connectivity index (χ0) is 11.4. The van der Waals surface area contributed by atoms with Crippen LogP contribution < -0.4 is 4.74 Å². The Morgan fingerprint density at radius 1 is 1.31 bits per heavy atom. The molecule has 1 aliphatic rings. The lowest BCUT2D eigenvalue weighted by molar-refractivity contribution is 0.291. The number of ether oxygens (including phenoxy) is 1. The maximum Gasteiger partial charge on any atom is 0.292 e. The third-order valence-electron chi connectivity index (χ3n) is 2.41. The average molecular weight is 215 g/mol. The van der Waals surface area contributed by atoms with Gasteiger partial charge in [-0.25, -0.2) is 0 Å². The van der Waals surface area contributed by atoms with Crippen LogP contribution in [0.4, 0.5) is 0 Å². The second-order valence-corrected chi connectivity index (χ2v) is 3.78. The number of rotatable bonds is 3. The van der Waals surface area contributed by atoms with Crippen molar-refractivity contribution in [1.29, 1.82) is 5.26 Å². The lowest BCUT2D eigenvalue weighted by Crippen LogP contribution is -2.21. The molecule has 0 fully saturated rings. The van der Waals surface area contributed by atoms with Gasteiger partial charge in [0, 0.05) is 26.0 Å².